The third-order valence-corrected chi connectivity index (χ3v) is 1.55. The molecule has 0 aliphatic heterocycles. The molecular weight excluding hydrogens is 200 g/mol. The lowest BCUT2D eigenvalue weighted by Crippen LogP contribution is -2.16. The number of rotatable bonds is 2. The van der Waals surface area contributed by atoms with Gasteiger partial charge < -0.3 is 10.7 Å². The van der Waals surface area contributed by atoms with Crippen LogP contribution in [0.3, 0.4) is 0 Å². The molecule has 1 aromatic rings. The van der Waals surface area contributed by atoms with Crippen molar-refractivity contribution in [3.8, 4) is 0 Å². The van der Waals surface area contributed by atoms with Crippen LogP contribution in [0.25, 0.3) is 0 Å². The maximum Gasteiger partial charge on any atom is 0.334 e. The molecule has 3 N–H and O–H groups in total. The average molecular weight is 205 g/mol. The molecule has 6 nitrogen and oxygen atoms in total. The zero-order valence-electron chi connectivity index (χ0n) is 6.66. The Morgan fingerprint density at radius 3 is 2.57 bits per heavy atom. The summed E-state index contributed by atoms with van der Waals surface area (Å²) in [6, 6.07) is 0. The van der Waals surface area contributed by atoms with Crippen molar-refractivity contribution in [2.75, 3.05) is 5.73 Å². The molecule has 1 heterocycles. The van der Waals surface area contributed by atoms with Crippen molar-refractivity contribution in [1.29, 1.82) is 0 Å². The van der Waals surface area contributed by atoms with Crippen molar-refractivity contribution in [2.24, 2.45) is 0 Å². The van der Waals surface area contributed by atoms with E-state index in [9.17, 15) is 23.7 Å². The topological polar surface area (TPSA) is 102 Å². The van der Waals surface area contributed by atoms with Gasteiger partial charge in [0.25, 0.3) is 11.9 Å². The number of aromatic amines is 1. The molecule has 0 unspecified atom stereocenters. The van der Waals surface area contributed by atoms with E-state index < -0.39 is 33.8 Å². The number of hydrogen-bond donors (Lipinski definition) is 2. The molecule has 0 radical (unpaired) electrons. The minimum atomic E-state index is -2.97. The maximum atomic E-state index is 12.1. The van der Waals surface area contributed by atoms with Gasteiger partial charge in [-0.2, -0.15) is 0 Å². The normalized spacial score (nSPS) is 10.5. The number of nitrogens with zero attached hydrogens (tertiary/aromatic N) is 1. The van der Waals surface area contributed by atoms with Crippen LogP contribution in [0.15, 0.2) is 11.0 Å². The minimum Gasteiger partial charge on any atom is -0.394 e. The van der Waals surface area contributed by atoms with Gasteiger partial charge in [0.1, 0.15) is 11.4 Å². The smallest absolute Gasteiger partial charge is 0.334 e. The second kappa shape index (κ2) is 3.40. The lowest BCUT2D eigenvalue weighted by molar-refractivity contribution is -0.386. The Balaban J connectivity index is 3.42. The van der Waals surface area contributed by atoms with Gasteiger partial charge in [0.15, 0.2) is 0 Å². The van der Waals surface area contributed by atoms with Crippen molar-refractivity contribution in [3.63, 3.8) is 0 Å². The van der Waals surface area contributed by atoms with E-state index in [4.69, 9.17) is 5.73 Å². The van der Waals surface area contributed by atoms with Gasteiger partial charge in [0.05, 0.1) is 11.1 Å². The van der Waals surface area contributed by atoms with Crippen LogP contribution in [0.4, 0.5) is 20.2 Å². The lowest BCUT2D eigenvalue weighted by atomic mass is 10.3. The number of nitrogens with two attached hydrogens (primary N) is 1. The van der Waals surface area contributed by atoms with Gasteiger partial charge in [-0.25, -0.2) is 8.78 Å². The molecule has 1 rings (SSSR count). The number of nitro groups is 1. The van der Waals surface area contributed by atoms with Crippen molar-refractivity contribution in [3.05, 3.63) is 32.2 Å². The number of H-pyrrole nitrogens is 1. The number of pyridine rings is 1. The van der Waals surface area contributed by atoms with Crippen LogP contribution >= 0.6 is 0 Å². The molecule has 0 bridgehead atoms. The predicted octanol–water partition coefficient (Wildman–Crippen LogP) is 0.803. The molecule has 0 saturated carbocycles. The fourth-order valence-electron chi connectivity index (χ4n) is 0.866. The van der Waals surface area contributed by atoms with Crippen LogP contribution in [0, 0.1) is 10.1 Å². The molecule has 0 amide bonds. The highest BCUT2D eigenvalue weighted by atomic mass is 19.3. The Bertz CT molecular complexity index is 429. The third-order valence-electron chi connectivity index (χ3n) is 1.55. The first-order valence-corrected chi connectivity index (χ1v) is 3.38. The van der Waals surface area contributed by atoms with E-state index in [2.05, 4.69) is 0 Å². The number of nitrogen functional groups attached to an aromatic ring is 1. The van der Waals surface area contributed by atoms with Gasteiger partial charge in [-0.3, -0.25) is 14.9 Å². The van der Waals surface area contributed by atoms with Crippen molar-refractivity contribution >= 4 is 11.4 Å². The number of halogens is 2. The minimum absolute atomic E-state index is 0.597. The van der Waals surface area contributed by atoms with Crippen LogP contribution in [-0.2, 0) is 0 Å². The van der Waals surface area contributed by atoms with Crippen molar-refractivity contribution < 1.29 is 13.7 Å². The number of aromatic nitrogens is 1. The lowest BCUT2D eigenvalue weighted by Gasteiger charge is -2.02. The maximum absolute atomic E-state index is 12.1. The Labute approximate surface area is 75.5 Å². The predicted molar refractivity (Wildman–Crippen MR) is 43.1 cm³/mol. The quantitative estimate of drug-likeness (QED) is 0.550. The van der Waals surface area contributed by atoms with E-state index in [-0.39, 0.29) is 0 Å². The fourth-order valence-corrected chi connectivity index (χ4v) is 0.866. The highest BCUT2D eigenvalue weighted by Gasteiger charge is 2.21. The first-order valence-electron chi connectivity index (χ1n) is 3.38. The second-order valence-electron chi connectivity index (χ2n) is 2.39. The zero-order chi connectivity index (χ0) is 10.9. The molecule has 0 fully saturated rings. The summed E-state index contributed by atoms with van der Waals surface area (Å²) in [5.41, 5.74) is 1.30. The van der Waals surface area contributed by atoms with E-state index in [0.29, 0.717) is 6.20 Å². The fraction of sp³-hybridized carbons (Fsp3) is 0.167. The van der Waals surface area contributed by atoms with Gasteiger partial charge in [-0.05, 0) is 0 Å². The molecule has 0 saturated heterocycles. The van der Waals surface area contributed by atoms with Crippen LogP contribution in [0.1, 0.15) is 12.1 Å². The van der Waals surface area contributed by atoms with Crippen LogP contribution < -0.4 is 11.2 Å². The molecule has 0 aliphatic carbocycles. The summed E-state index contributed by atoms with van der Waals surface area (Å²) in [6.07, 6.45) is -2.37. The molecule has 14 heavy (non-hydrogen) atoms. The monoisotopic (exact) mass is 205 g/mol. The molecule has 76 valence electrons. The summed E-state index contributed by atoms with van der Waals surface area (Å²) in [5, 5.41) is 10.2. The molecule has 0 atom stereocenters. The molecule has 0 aromatic carbocycles. The SMILES string of the molecule is Nc1c(C(F)F)[nH]cc([N+](=O)[O-])c1=O. The first-order chi connectivity index (χ1) is 6.45. The number of anilines is 1. The number of hydrogen-bond acceptors (Lipinski definition) is 4. The van der Waals surface area contributed by atoms with Crippen molar-refractivity contribution in [1.82, 2.24) is 4.98 Å². The second-order valence-corrected chi connectivity index (χ2v) is 2.39. The highest BCUT2D eigenvalue weighted by molar-refractivity contribution is 5.50. The first kappa shape index (κ1) is 10.1. The number of alkyl halides is 2. The van der Waals surface area contributed by atoms with E-state index in [0.717, 1.165) is 0 Å². The Kier molecular flexibility index (Phi) is 2.45. The van der Waals surface area contributed by atoms with E-state index in [1.807, 2.05) is 4.98 Å². The molecular formula is C6H5F2N3O3. The van der Waals surface area contributed by atoms with E-state index in [1.54, 1.807) is 0 Å². The summed E-state index contributed by atoms with van der Waals surface area (Å²) in [4.78, 5) is 22.1. The van der Waals surface area contributed by atoms with Crippen molar-refractivity contribution in [2.45, 2.75) is 6.43 Å². The van der Waals surface area contributed by atoms with E-state index >= 15 is 0 Å². The Morgan fingerprint density at radius 2 is 2.14 bits per heavy atom. The van der Waals surface area contributed by atoms with Crippen LogP contribution in [0.5, 0.6) is 0 Å². The standard InChI is InChI=1S/C6H5F2N3O3/c7-6(8)4-3(9)5(12)2(1-10-4)11(13)14/h1,6H,9H2,(H,10,12). The largest absolute Gasteiger partial charge is 0.394 e. The third kappa shape index (κ3) is 1.53. The summed E-state index contributed by atoms with van der Waals surface area (Å²) >= 11 is 0. The summed E-state index contributed by atoms with van der Waals surface area (Å²) in [7, 11) is 0. The summed E-state index contributed by atoms with van der Waals surface area (Å²) < 4.78 is 24.2. The summed E-state index contributed by atoms with van der Waals surface area (Å²) in [5.74, 6) is 0. The van der Waals surface area contributed by atoms with Crippen LogP contribution in [-0.4, -0.2) is 9.91 Å². The van der Waals surface area contributed by atoms with Gasteiger partial charge >= 0.3 is 5.69 Å². The number of nitrogens with one attached hydrogen (secondary N) is 1. The van der Waals surface area contributed by atoms with Gasteiger partial charge in [-0.1, -0.05) is 0 Å². The summed E-state index contributed by atoms with van der Waals surface area (Å²) in [6.45, 7) is 0. The molecule has 1 aromatic heterocycles. The van der Waals surface area contributed by atoms with Crippen LogP contribution in [0.2, 0.25) is 0 Å². The van der Waals surface area contributed by atoms with Gasteiger partial charge in [-0.15, -0.1) is 0 Å². The molecule has 0 spiro atoms. The van der Waals surface area contributed by atoms with Gasteiger partial charge in [0, 0.05) is 0 Å². The van der Waals surface area contributed by atoms with Gasteiger partial charge in [0.2, 0.25) is 0 Å². The molecule has 0 aliphatic rings. The van der Waals surface area contributed by atoms with E-state index in [1.165, 1.54) is 0 Å². The highest BCUT2D eigenvalue weighted by Crippen LogP contribution is 2.21. The Morgan fingerprint density at radius 1 is 1.57 bits per heavy atom. The molecule has 8 heteroatoms. The average Bonchev–Trinajstić information content (AvgIpc) is 2.08. The Hall–Kier alpha value is -1.99. The zero-order valence-corrected chi connectivity index (χ0v) is 6.66.